The second kappa shape index (κ2) is 7.64. The average Bonchev–Trinajstić information content (AvgIpc) is 3.35. The molecule has 1 atom stereocenters. The van der Waals surface area contributed by atoms with E-state index >= 15 is 0 Å². The molecule has 0 spiro atoms. The summed E-state index contributed by atoms with van der Waals surface area (Å²) in [7, 11) is 0. The van der Waals surface area contributed by atoms with E-state index in [9.17, 15) is 4.79 Å². The predicted octanol–water partition coefficient (Wildman–Crippen LogP) is 3.60. The molecular weight excluding hydrogens is 400 g/mol. The van der Waals surface area contributed by atoms with Crippen molar-refractivity contribution in [3.05, 3.63) is 47.0 Å². The third-order valence-electron chi connectivity index (χ3n) is 5.59. The molecule has 0 amide bonds. The SMILES string of the molecule is CCOC(=O)c1sc2ncnc(N3CCCC(c4nnc5ccccn45)C3)c2c1C. The van der Waals surface area contributed by atoms with Gasteiger partial charge in [0.2, 0.25) is 0 Å². The molecule has 9 heteroatoms. The van der Waals surface area contributed by atoms with E-state index in [0.29, 0.717) is 11.5 Å². The number of carbonyl (C=O) groups excluding carboxylic acids is 1. The van der Waals surface area contributed by atoms with Gasteiger partial charge in [0.25, 0.3) is 0 Å². The van der Waals surface area contributed by atoms with Crippen LogP contribution in [0.25, 0.3) is 15.9 Å². The van der Waals surface area contributed by atoms with Crippen molar-refractivity contribution in [1.82, 2.24) is 24.6 Å². The van der Waals surface area contributed by atoms with E-state index in [4.69, 9.17) is 4.74 Å². The lowest BCUT2D eigenvalue weighted by Gasteiger charge is -2.33. The van der Waals surface area contributed by atoms with Crippen LogP contribution < -0.4 is 4.90 Å². The van der Waals surface area contributed by atoms with Crippen LogP contribution in [0.15, 0.2) is 30.7 Å². The first kappa shape index (κ1) is 18.9. The van der Waals surface area contributed by atoms with Crippen LogP contribution in [0.1, 0.15) is 46.7 Å². The van der Waals surface area contributed by atoms with Crippen LogP contribution in [0, 0.1) is 6.92 Å². The number of aromatic nitrogens is 5. The molecular formula is C21H22N6O2S. The van der Waals surface area contributed by atoms with Crippen molar-refractivity contribution in [3.8, 4) is 0 Å². The van der Waals surface area contributed by atoms with Crippen molar-refractivity contribution in [2.75, 3.05) is 24.6 Å². The van der Waals surface area contributed by atoms with Gasteiger partial charge in [-0.2, -0.15) is 0 Å². The number of hydrogen-bond acceptors (Lipinski definition) is 8. The van der Waals surface area contributed by atoms with Gasteiger partial charge in [-0.05, 0) is 44.4 Å². The molecule has 0 radical (unpaired) electrons. The smallest absolute Gasteiger partial charge is 0.348 e. The molecule has 0 saturated carbocycles. The van der Waals surface area contributed by atoms with Gasteiger partial charge in [0.1, 0.15) is 27.7 Å². The van der Waals surface area contributed by atoms with Crippen LogP contribution in [-0.4, -0.2) is 50.2 Å². The first-order valence-corrected chi connectivity index (χ1v) is 10.9. The number of rotatable bonds is 4. The highest BCUT2D eigenvalue weighted by atomic mass is 32.1. The highest BCUT2D eigenvalue weighted by molar-refractivity contribution is 7.20. The van der Waals surface area contributed by atoms with Crippen LogP contribution >= 0.6 is 11.3 Å². The molecule has 1 fully saturated rings. The highest BCUT2D eigenvalue weighted by Crippen LogP contribution is 2.37. The molecule has 4 aromatic rings. The number of pyridine rings is 1. The van der Waals surface area contributed by atoms with Gasteiger partial charge < -0.3 is 9.64 Å². The van der Waals surface area contributed by atoms with E-state index in [0.717, 1.165) is 59.0 Å². The number of aryl methyl sites for hydroxylation is 1. The second-order valence-electron chi connectivity index (χ2n) is 7.43. The Labute approximate surface area is 177 Å². The summed E-state index contributed by atoms with van der Waals surface area (Å²) in [4.78, 5) is 25.1. The second-order valence-corrected chi connectivity index (χ2v) is 8.43. The van der Waals surface area contributed by atoms with E-state index in [2.05, 4.69) is 29.5 Å². The number of thiophene rings is 1. The minimum atomic E-state index is -0.296. The van der Waals surface area contributed by atoms with Gasteiger partial charge in [0, 0.05) is 25.2 Å². The lowest BCUT2D eigenvalue weighted by Crippen LogP contribution is -2.35. The van der Waals surface area contributed by atoms with Crippen molar-refractivity contribution in [2.24, 2.45) is 0 Å². The Morgan fingerprint density at radius 3 is 3.07 bits per heavy atom. The summed E-state index contributed by atoms with van der Waals surface area (Å²) in [5.41, 5.74) is 1.75. The van der Waals surface area contributed by atoms with Gasteiger partial charge in [-0.25, -0.2) is 14.8 Å². The minimum Gasteiger partial charge on any atom is -0.462 e. The number of ether oxygens (including phenoxy) is 1. The van der Waals surface area contributed by atoms with Crippen molar-refractivity contribution in [1.29, 1.82) is 0 Å². The summed E-state index contributed by atoms with van der Waals surface area (Å²) in [6.07, 6.45) is 5.68. The maximum absolute atomic E-state index is 12.4. The summed E-state index contributed by atoms with van der Waals surface area (Å²) in [6, 6.07) is 5.94. The molecule has 0 aromatic carbocycles. The van der Waals surface area contributed by atoms with E-state index in [-0.39, 0.29) is 11.9 Å². The molecule has 1 unspecified atom stereocenters. The molecule has 0 N–H and O–H groups in total. The number of carbonyl (C=O) groups is 1. The Hall–Kier alpha value is -3.07. The number of nitrogens with zero attached hydrogens (tertiary/aromatic N) is 6. The topological polar surface area (TPSA) is 85.5 Å². The standard InChI is InChI=1S/C21H22N6O2S/c1-3-29-21(28)17-13(2)16-19(22-12-23-20(16)30-17)26-9-6-7-14(11-26)18-25-24-15-8-4-5-10-27(15)18/h4-5,8,10,12,14H,3,6-7,9,11H2,1-2H3. The molecule has 8 nitrogen and oxygen atoms in total. The quantitative estimate of drug-likeness (QED) is 0.465. The number of piperidine rings is 1. The summed E-state index contributed by atoms with van der Waals surface area (Å²) in [5, 5.41) is 9.73. The highest BCUT2D eigenvalue weighted by Gasteiger charge is 2.29. The third kappa shape index (κ3) is 3.09. The van der Waals surface area contributed by atoms with Crippen LogP contribution in [-0.2, 0) is 4.74 Å². The Morgan fingerprint density at radius 1 is 1.30 bits per heavy atom. The fourth-order valence-corrected chi connectivity index (χ4v) is 5.24. The molecule has 1 aliphatic heterocycles. The molecule has 1 aliphatic rings. The van der Waals surface area contributed by atoms with Gasteiger partial charge in [0.15, 0.2) is 5.65 Å². The van der Waals surface area contributed by atoms with Crippen molar-refractivity contribution >= 4 is 39.0 Å². The van der Waals surface area contributed by atoms with Crippen LogP contribution in [0.4, 0.5) is 5.82 Å². The van der Waals surface area contributed by atoms with Gasteiger partial charge in [-0.1, -0.05) is 6.07 Å². The van der Waals surface area contributed by atoms with E-state index in [1.54, 1.807) is 6.33 Å². The molecule has 0 bridgehead atoms. The van der Waals surface area contributed by atoms with E-state index in [1.165, 1.54) is 11.3 Å². The monoisotopic (exact) mass is 422 g/mol. The zero-order chi connectivity index (χ0) is 20.7. The maximum atomic E-state index is 12.4. The fourth-order valence-electron chi connectivity index (χ4n) is 4.20. The predicted molar refractivity (Wildman–Crippen MR) is 115 cm³/mol. The Balaban J connectivity index is 1.51. The van der Waals surface area contributed by atoms with Crippen molar-refractivity contribution < 1.29 is 9.53 Å². The van der Waals surface area contributed by atoms with Crippen LogP contribution in [0.3, 0.4) is 0 Å². The van der Waals surface area contributed by atoms with Crippen LogP contribution in [0.2, 0.25) is 0 Å². The first-order chi connectivity index (χ1) is 14.7. The molecule has 154 valence electrons. The number of fused-ring (bicyclic) bond motifs is 2. The normalized spacial score (nSPS) is 17.0. The number of hydrogen-bond donors (Lipinski definition) is 0. The summed E-state index contributed by atoms with van der Waals surface area (Å²) < 4.78 is 7.29. The molecule has 1 saturated heterocycles. The summed E-state index contributed by atoms with van der Waals surface area (Å²) >= 11 is 1.37. The fraction of sp³-hybridized carbons (Fsp3) is 0.381. The van der Waals surface area contributed by atoms with E-state index in [1.807, 2.05) is 38.2 Å². The van der Waals surface area contributed by atoms with Crippen molar-refractivity contribution in [2.45, 2.75) is 32.6 Å². The molecule has 4 aromatic heterocycles. The zero-order valence-corrected chi connectivity index (χ0v) is 17.7. The zero-order valence-electron chi connectivity index (χ0n) is 16.9. The molecule has 5 rings (SSSR count). The Bertz CT molecular complexity index is 1230. The lowest BCUT2D eigenvalue weighted by atomic mass is 9.97. The Morgan fingerprint density at radius 2 is 2.20 bits per heavy atom. The Kier molecular flexibility index (Phi) is 4.82. The number of anilines is 1. The van der Waals surface area contributed by atoms with E-state index < -0.39 is 0 Å². The number of esters is 1. The molecule has 0 aliphatic carbocycles. The van der Waals surface area contributed by atoms with Gasteiger partial charge >= 0.3 is 5.97 Å². The minimum absolute atomic E-state index is 0.254. The largest absolute Gasteiger partial charge is 0.462 e. The average molecular weight is 423 g/mol. The van der Waals surface area contributed by atoms with Gasteiger partial charge in [-0.3, -0.25) is 4.40 Å². The summed E-state index contributed by atoms with van der Waals surface area (Å²) in [5.74, 6) is 1.82. The van der Waals surface area contributed by atoms with Crippen LogP contribution in [0.5, 0.6) is 0 Å². The summed E-state index contributed by atoms with van der Waals surface area (Å²) in [6.45, 7) is 5.82. The molecule has 30 heavy (non-hydrogen) atoms. The molecule has 5 heterocycles. The van der Waals surface area contributed by atoms with Gasteiger partial charge in [0.05, 0.1) is 12.0 Å². The maximum Gasteiger partial charge on any atom is 0.348 e. The first-order valence-electron chi connectivity index (χ1n) is 10.1. The third-order valence-corrected chi connectivity index (χ3v) is 6.77. The van der Waals surface area contributed by atoms with Crippen molar-refractivity contribution in [3.63, 3.8) is 0 Å². The van der Waals surface area contributed by atoms with Gasteiger partial charge in [-0.15, -0.1) is 21.5 Å². The lowest BCUT2D eigenvalue weighted by molar-refractivity contribution is 0.0531.